The first-order valence-electron chi connectivity index (χ1n) is 10.2. The first-order chi connectivity index (χ1) is 15.5. The highest BCUT2D eigenvalue weighted by atomic mass is 35.5. The number of nitrogens with zero attached hydrogens (tertiary/aromatic N) is 1. The molecular weight excluding hydrogens is 434 g/mol. The fourth-order valence-electron chi connectivity index (χ4n) is 3.54. The molecule has 2 aromatic rings. The molecule has 166 valence electrons. The molecule has 32 heavy (non-hydrogen) atoms. The maximum atomic E-state index is 12.9. The molecule has 0 saturated carbocycles. The van der Waals surface area contributed by atoms with Gasteiger partial charge in [0, 0.05) is 24.4 Å². The summed E-state index contributed by atoms with van der Waals surface area (Å²) in [6.45, 7) is 1.20. The Morgan fingerprint density at radius 3 is 2.47 bits per heavy atom. The van der Waals surface area contributed by atoms with Crippen molar-refractivity contribution in [1.29, 1.82) is 0 Å². The van der Waals surface area contributed by atoms with Gasteiger partial charge in [-0.2, -0.15) is 0 Å². The lowest BCUT2D eigenvalue weighted by Crippen LogP contribution is -2.32. The van der Waals surface area contributed by atoms with Crippen LogP contribution in [0.15, 0.2) is 59.3 Å². The molecule has 4 rings (SSSR count). The number of imide groups is 1. The molecule has 1 atom stereocenters. The molecular formula is C23H22ClN3O5. The van der Waals surface area contributed by atoms with Gasteiger partial charge in [0.15, 0.2) is 0 Å². The summed E-state index contributed by atoms with van der Waals surface area (Å²) >= 11 is 6.17. The summed E-state index contributed by atoms with van der Waals surface area (Å²) in [5.74, 6) is -0.787. The van der Waals surface area contributed by atoms with E-state index in [-0.39, 0.29) is 22.7 Å². The van der Waals surface area contributed by atoms with Gasteiger partial charge in [0.2, 0.25) is 0 Å². The maximum Gasteiger partial charge on any atom is 0.283 e. The Hall–Kier alpha value is -3.36. The number of hydrogen-bond donors (Lipinski definition) is 2. The first-order valence-corrected chi connectivity index (χ1v) is 10.5. The highest BCUT2D eigenvalue weighted by molar-refractivity contribution is 6.53. The van der Waals surface area contributed by atoms with Crippen molar-refractivity contribution >= 4 is 40.7 Å². The van der Waals surface area contributed by atoms with Crippen LogP contribution in [-0.2, 0) is 14.3 Å². The van der Waals surface area contributed by atoms with Crippen molar-refractivity contribution in [2.75, 3.05) is 30.5 Å². The molecule has 1 fully saturated rings. The summed E-state index contributed by atoms with van der Waals surface area (Å²) in [6, 6.07) is 13.1. The van der Waals surface area contributed by atoms with E-state index in [0.29, 0.717) is 29.2 Å². The summed E-state index contributed by atoms with van der Waals surface area (Å²) < 4.78 is 10.6. The number of carbonyl (C=O) groups is 3. The van der Waals surface area contributed by atoms with Gasteiger partial charge in [-0.3, -0.25) is 14.4 Å². The third-order valence-corrected chi connectivity index (χ3v) is 5.64. The predicted molar refractivity (Wildman–Crippen MR) is 120 cm³/mol. The molecule has 3 amide bonds. The number of anilines is 2. The van der Waals surface area contributed by atoms with E-state index in [1.807, 2.05) is 0 Å². The van der Waals surface area contributed by atoms with Gasteiger partial charge in [0.1, 0.15) is 16.5 Å². The molecule has 0 aliphatic carbocycles. The van der Waals surface area contributed by atoms with Gasteiger partial charge >= 0.3 is 0 Å². The quantitative estimate of drug-likeness (QED) is 0.623. The molecule has 2 aliphatic rings. The average Bonchev–Trinajstić information content (AvgIpc) is 3.41. The van der Waals surface area contributed by atoms with Crippen molar-refractivity contribution in [2.45, 2.75) is 18.9 Å². The van der Waals surface area contributed by atoms with Crippen LogP contribution < -0.4 is 20.3 Å². The third-order valence-electron chi connectivity index (χ3n) is 5.29. The minimum atomic E-state index is -0.616. The molecule has 0 radical (unpaired) electrons. The van der Waals surface area contributed by atoms with Gasteiger partial charge in [0.05, 0.1) is 18.9 Å². The fourth-order valence-corrected chi connectivity index (χ4v) is 3.75. The van der Waals surface area contributed by atoms with E-state index < -0.39 is 11.8 Å². The SMILES string of the molecule is COc1ccc(N2C(=O)C(Cl)=C(Nc3ccc(C(=O)NCC4CCCO4)cc3)C2=O)cc1. The number of benzene rings is 2. The van der Waals surface area contributed by atoms with E-state index in [1.165, 1.54) is 7.11 Å². The number of ether oxygens (including phenoxy) is 2. The second kappa shape index (κ2) is 9.42. The van der Waals surface area contributed by atoms with Crippen LogP contribution in [0.3, 0.4) is 0 Å². The highest BCUT2D eigenvalue weighted by Gasteiger charge is 2.39. The minimum Gasteiger partial charge on any atom is -0.497 e. The molecule has 2 N–H and O–H groups in total. The minimum absolute atomic E-state index is 0.0249. The summed E-state index contributed by atoms with van der Waals surface area (Å²) in [4.78, 5) is 38.8. The molecule has 2 heterocycles. The average molecular weight is 456 g/mol. The van der Waals surface area contributed by atoms with Gasteiger partial charge in [-0.05, 0) is 61.4 Å². The van der Waals surface area contributed by atoms with Crippen LogP contribution in [0.1, 0.15) is 23.2 Å². The number of hydrogen-bond acceptors (Lipinski definition) is 6. The molecule has 0 bridgehead atoms. The molecule has 2 aromatic carbocycles. The van der Waals surface area contributed by atoms with E-state index in [1.54, 1.807) is 48.5 Å². The van der Waals surface area contributed by atoms with Crippen molar-refractivity contribution in [1.82, 2.24) is 5.32 Å². The van der Waals surface area contributed by atoms with Gasteiger partial charge in [0.25, 0.3) is 17.7 Å². The van der Waals surface area contributed by atoms with E-state index in [0.717, 1.165) is 24.3 Å². The summed E-state index contributed by atoms with van der Waals surface area (Å²) in [7, 11) is 1.53. The van der Waals surface area contributed by atoms with E-state index in [2.05, 4.69) is 10.6 Å². The molecule has 8 nitrogen and oxygen atoms in total. The van der Waals surface area contributed by atoms with Crippen molar-refractivity contribution in [3.8, 4) is 5.75 Å². The van der Waals surface area contributed by atoms with E-state index >= 15 is 0 Å². The van der Waals surface area contributed by atoms with Crippen LogP contribution in [0.5, 0.6) is 5.75 Å². The van der Waals surface area contributed by atoms with Crippen LogP contribution >= 0.6 is 11.6 Å². The Labute approximate surface area is 190 Å². The molecule has 0 aromatic heterocycles. The number of halogens is 1. The van der Waals surface area contributed by atoms with Crippen LogP contribution in [0, 0.1) is 0 Å². The van der Waals surface area contributed by atoms with E-state index in [9.17, 15) is 14.4 Å². The van der Waals surface area contributed by atoms with Crippen LogP contribution in [0.4, 0.5) is 11.4 Å². The second-order valence-corrected chi connectivity index (χ2v) is 7.76. The number of carbonyl (C=O) groups excluding carboxylic acids is 3. The van der Waals surface area contributed by atoms with Crippen molar-refractivity contribution in [2.24, 2.45) is 0 Å². The number of amides is 3. The Morgan fingerprint density at radius 2 is 1.84 bits per heavy atom. The molecule has 0 spiro atoms. The van der Waals surface area contributed by atoms with Gasteiger partial charge in [-0.15, -0.1) is 0 Å². The van der Waals surface area contributed by atoms with Crippen LogP contribution in [-0.4, -0.2) is 44.1 Å². The van der Waals surface area contributed by atoms with Crippen molar-refractivity contribution < 1.29 is 23.9 Å². The standard InChI is InChI=1S/C23H22ClN3O5/c1-31-17-10-8-16(9-11-17)27-22(29)19(24)20(23(27)30)26-15-6-4-14(5-7-15)21(28)25-13-18-3-2-12-32-18/h4-11,18,26H,2-3,12-13H2,1H3,(H,25,28). The zero-order valence-electron chi connectivity index (χ0n) is 17.4. The number of methoxy groups -OCH3 is 1. The summed E-state index contributed by atoms with van der Waals surface area (Å²) in [6.07, 6.45) is 2.02. The van der Waals surface area contributed by atoms with Crippen molar-refractivity contribution in [3.63, 3.8) is 0 Å². The second-order valence-electron chi connectivity index (χ2n) is 7.38. The molecule has 9 heteroatoms. The van der Waals surface area contributed by atoms with Crippen LogP contribution in [0.2, 0.25) is 0 Å². The van der Waals surface area contributed by atoms with Gasteiger partial charge < -0.3 is 20.1 Å². The van der Waals surface area contributed by atoms with E-state index in [4.69, 9.17) is 21.1 Å². The van der Waals surface area contributed by atoms with Gasteiger partial charge in [-0.1, -0.05) is 11.6 Å². The van der Waals surface area contributed by atoms with Crippen LogP contribution in [0.25, 0.3) is 0 Å². The lowest BCUT2D eigenvalue weighted by Gasteiger charge is -2.15. The lowest BCUT2D eigenvalue weighted by molar-refractivity contribution is -0.120. The zero-order valence-corrected chi connectivity index (χ0v) is 18.1. The predicted octanol–water partition coefficient (Wildman–Crippen LogP) is 3.04. The molecule has 1 unspecified atom stereocenters. The Bertz CT molecular complexity index is 1060. The van der Waals surface area contributed by atoms with Crippen molar-refractivity contribution in [3.05, 3.63) is 64.8 Å². The Balaban J connectivity index is 1.42. The summed E-state index contributed by atoms with van der Waals surface area (Å²) in [5, 5.41) is 5.55. The largest absolute Gasteiger partial charge is 0.497 e. The fraction of sp³-hybridized carbons (Fsp3) is 0.261. The van der Waals surface area contributed by atoms with Gasteiger partial charge in [-0.25, -0.2) is 4.90 Å². The smallest absolute Gasteiger partial charge is 0.283 e. The lowest BCUT2D eigenvalue weighted by atomic mass is 10.1. The third kappa shape index (κ3) is 4.46. The first kappa shape index (κ1) is 21.9. The number of rotatable bonds is 7. The number of nitrogens with one attached hydrogen (secondary N) is 2. The highest BCUT2D eigenvalue weighted by Crippen LogP contribution is 2.31. The topological polar surface area (TPSA) is 97.0 Å². The molecule has 2 aliphatic heterocycles. The monoisotopic (exact) mass is 455 g/mol. The zero-order chi connectivity index (χ0) is 22.7. The normalized spacial score (nSPS) is 18.3. The molecule has 1 saturated heterocycles. The Kier molecular flexibility index (Phi) is 6.43. The summed E-state index contributed by atoms with van der Waals surface area (Å²) in [5.41, 5.74) is 1.35. The maximum absolute atomic E-state index is 12.9. The Morgan fingerprint density at radius 1 is 1.12 bits per heavy atom.